The van der Waals surface area contributed by atoms with Crippen LogP contribution in [0.4, 0.5) is 5.95 Å². The first kappa shape index (κ1) is 21.5. The lowest BCUT2D eigenvalue weighted by Crippen LogP contribution is -2.33. The van der Waals surface area contributed by atoms with Crippen molar-refractivity contribution >= 4 is 30.8 Å². The number of H-pyrrole nitrogens is 1. The minimum absolute atomic E-state index is 0.123. The van der Waals surface area contributed by atoms with Crippen LogP contribution in [0.25, 0.3) is 11.2 Å². The molecule has 2 unspecified atom stereocenters. The summed E-state index contributed by atoms with van der Waals surface area (Å²) >= 11 is 0. The van der Waals surface area contributed by atoms with E-state index in [1.54, 1.807) is 0 Å². The Hall–Kier alpha value is -2.23. The second-order valence-corrected chi connectivity index (χ2v) is 7.48. The first-order valence-corrected chi connectivity index (χ1v) is 9.68. The highest BCUT2D eigenvalue weighted by atomic mass is 31.2. The number of hydrogen-bond acceptors (Lipinski definition) is 10. The SMILES string of the molecule is CC(O)C(=O)Nc1nc2c(ncn2[C@@H]2O[C@H](COP(=O)(O)O)C(O)[C@@H]2O)c(=O)[nH]1. The molecule has 1 fully saturated rings. The van der Waals surface area contributed by atoms with E-state index in [9.17, 15) is 29.5 Å². The Morgan fingerprint density at radius 2 is 2.14 bits per heavy atom. The molecule has 2 aromatic heterocycles. The van der Waals surface area contributed by atoms with Crippen molar-refractivity contribution in [2.45, 2.75) is 37.6 Å². The molecule has 0 aromatic carbocycles. The van der Waals surface area contributed by atoms with Crippen molar-refractivity contribution in [3.8, 4) is 0 Å². The van der Waals surface area contributed by atoms with Gasteiger partial charge in [-0.3, -0.25) is 29.0 Å². The van der Waals surface area contributed by atoms with Crippen LogP contribution in [0.5, 0.6) is 0 Å². The van der Waals surface area contributed by atoms with Gasteiger partial charge in [0.15, 0.2) is 17.4 Å². The highest BCUT2D eigenvalue weighted by molar-refractivity contribution is 7.46. The Morgan fingerprint density at radius 3 is 2.76 bits per heavy atom. The summed E-state index contributed by atoms with van der Waals surface area (Å²) in [6.07, 6.45) is -6.04. The number of hydrogen-bond donors (Lipinski definition) is 7. The summed E-state index contributed by atoms with van der Waals surface area (Å²) in [5, 5.41) is 31.8. The second-order valence-electron chi connectivity index (χ2n) is 6.24. The summed E-state index contributed by atoms with van der Waals surface area (Å²) in [7, 11) is -4.83. The highest BCUT2D eigenvalue weighted by Gasteiger charge is 2.45. The maximum absolute atomic E-state index is 12.2. The van der Waals surface area contributed by atoms with Crippen molar-refractivity contribution in [3.05, 3.63) is 16.7 Å². The van der Waals surface area contributed by atoms with Crippen LogP contribution >= 0.6 is 7.82 Å². The van der Waals surface area contributed by atoms with E-state index in [-0.39, 0.29) is 17.1 Å². The van der Waals surface area contributed by atoms with Gasteiger partial charge in [-0.1, -0.05) is 0 Å². The summed E-state index contributed by atoms with van der Waals surface area (Å²) in [4.78, 5) is 51.4. The van der Waals surface area contributed by atoms with Crippen LogP contribution < -0.4 is 10.9 Å². The van der Waals surface area contributed by atoms with Crippen molar-refractivity contribution in [3.63, 3.8) is 0 Å². The molecule has 1 aliphatic heterocycles. The van der Waals surface area contributed by atoms with Crippen LogP contribution in [-0.4, -0.2) is 81.6 Å². The van der Waals surface area contributed by atoms with E-state index >= 15 is 0 Å². The van der Waals surface area contributed by atoms with Crippen molar-refractivity contribution in [1.29, 1.82) is 0 Å². The molecule has 0 bridgehead atoms. The standard InChI is InChI=1S/C13H18N5O10P/c1-4(19)10(22)16-13-15-9-6(11(23)17-13)14-3-18(9)12-8(21)7(20)5(28-12)2-27-29(24,25)26/h3-5,7-8,12,19-21H,2H2,1H3,(H2,24,25,26)(H2,15,16,17,22,23)/t4?,5-,7?,8+,12-/m1/s1. The van der Waals surface area contributed by atoms with Gasteiger partial charge in [0.1, 0.15) is 24.4 Å². The molecule has 160 valence electrons. The monoisotopic (exact) mass is 435 g/mol. The number of aliphatic hydroxyl groups excluding tert-OH is 3. The summed E-state index contributed by atoms with van der Waals surface area (Å²) in [5.41, 5.74) is -1.02. The maximum Gasteiger partial charge on any atom is 0.469 e. The highest BCUT2D eigenvalue weighted by Crippen LogP contribution is 2.38. The number of nitrogens with one attached hydrogen (secondary N) is 2. The van der Waals surface area contributed by atoms with E-state index in [0.717, 1.165) is 10.9 Å². The van der Waals surface area contributed by atoms with Gasteiger partial charge in [0.2, 0.25) is 5.95 Å². The molecule has 1 aliphatic rings. The molecular formula is C13H18N5O10P. The third-order valence-corrected chi connectivity index (χ3v) is 4.56. The van der Waals surface area contributed by atoms with Crippen molar-refractivity contribution < 1.29 is 43.7 Å². The molecule has 16 heteroatoms. The van der Waals surface area contributed by atoms with Gasteiger partial charge in [0.05, 0.1) is 12.9 Å². The number of carbonyl (C=O) groups is 1. The number of nitrogens with zero attached hydrogens (tertiary/aromatic N) is 3. The Balaban J connectivity index is 1.91. The zero-order chi connectivity index (χ0) is 21.5. The molecule has 0 spiro atoms. The number of aromatic amines is 1. The average molecular weight is 435 g/mol. The first-order valence-electron chi connectivity index (χ1n) is 8.15. The van der Waals surface area contributed by atoms with Gasteiger partial charge in [-0.05, 0) is 6.92 Å². The predicted molar refractivity (Wildman–Crippen MR) is 92.4 cm³/mol. The van der Waals surface area contributed by atoms with E-state index in [4.69, 9.17) is 14.5 Å². The molecule has 5 atom stereocenters. The van der Waals surface area contributed by atoms with Crippen molar-refractivity contribution in [1.82, 2.24) is 19.5 Å². The van der Waals surface area contributed by atoms with Crippen LogP contribution in [0.3, 0.4) is 0 Å². The number of phosphoric ester groups is 1. The van der Waals surface area contributed by atoms with Gasteiger partial charge in [-0.15, -0.1) is 0 Å². The fourth-order valence-electron chi connectivity index (χ4n) is 2.66. The van der Waals surface area contributed by atoms with Gasteiger partial charge in [0, 0.05) is 0 Å². The molecule has 7 N–H and O–H groups in total. The van der Waals surface area contributed by atoms with Crippen LogP contribution in [0.2, 0.25) is 0 Å². The van der Waals surface area contributed by atoms with E-state index in [1.165, 1.54) is 6.92 Å². The van der Waals surface area contributed by atoms with Gasteiger partial charge in [0.25, 0.3) is 11.5 Å². The number of phosphoric acid groups is 1. The molecule has 1 amide bonds. The lowest BCUT2D eigenvalue weighted by atomic mass is 10.1. The predicted octanol–water partition coefficient (Wildman–Crippen LogP) is -2.83. The molecule has 1 saturated heterocycles. The van der Waals surface area contributed by atoms with E-state index < -0.39 is 56.5 Å². The largest absolute Gasteiger partial charge is 0.469 e. The molecule has 29 heavy (non-hydrogen) atoms. The van der Waals surface area contributed by atoms with Gasteiger partial charge >= 0.3 is 7.82 Å². The number of amides is 1. The zero-order valence-corrected chi connectivity index (χ0v) is 15.6. The van der Waals surface area contributed by atoms with Gasteiger partial charge in [-0.2, -0.15) is 4.98 Å². The third-order valence-electron chi connectivity index (χ3n) is 4.07. The van der Waals surface area contributed by atoms with Gasteiger partial charge in [-0.25, -0.2) is 9.55 Å². The average Bonchev–Trinajstić information content (AvgIpc) is 3.15. The third kappa shape index (κ3) is 4.52. The minimum atomic E-state index is -4.83. The molecule has 0 saturated carbocycles. The summed E-state index contributed by atoms with van der Waals surface area (Å²) in [5.74, 6) is -1.13. The number of rotatable bonds is 6. The molecule has 3 heterocycles. The smallest absolute Gasteiger partial charge is 0.387 e. The number of carbonyl (C=O) groups excluding carboxylic acids is 1. The first-order chi connectivity index (χ1) is 13.5. The van der Waals surface area contributed by atoms with Crippen LogP contribution in [0.1, 0.15) is 13.2 Å². The summed E-state index contributed by atoms with van der Waals surface area (Å²) in [6.45, 7) is 0.496. The van der Waals surface area contributed by atoms with E-state index in [2.05, 4.69) is 24.8 Å². The Bertz CT molecular complexity index is 1020. The lowest BCUT2D eigenvalue weighted by molar-refractivity contribution is -0.123. The number of aliphatic hydroxyl groups is 3. The van der Waals surface area contributed by atoms with Crippen LogP contribution in [0, 0.1) is 0 Å². The number of anilines is 1. The maximum atomic E-state index is 12.2. The molecular weight excluding hydrogens is 417 g/mol. The zero-order valence-electron chi connectivity index (χ0n) is 14.7. The van der Waals surface area contributed by atoms with Crippen molar-refractivity contribution in [2.24, 2.45) is 0 Å². The van der Waals surface area contributed by atoms with Gasteiger partial charge < -0.3 is 29.8 Å². The normalized spacial score (nSPS) is 26.0. The number of aromatic nitrogens is 4. The fourth-order valence-corrected chi connectivity index (χ4v) is 3.00. The fraction of sp³-hybridized carbons (Fsp3) is 0.538. The number of ether oxygens (including phenoxy) is 1. The van der Waals surface area contributed by atoms with Crippen LogP contribution in [0.15, 0.2) is 11.1 Å². The molecule has 2 aromatic rings. The summed E-state index contributed by atoms with van der Waals surface area (Å²) in [6, 6.07) is 0. The second kappa shape index (κ2) is 7.89. The number of imidazole rings is 1. The van der Waals surface area contributed by atoms with E-state index in [0.29, 0.717) is 0 Å². The van der Waals surface area contributed by atoms with Crippen LogP contribution in [-0.2, 0) is 18.6 Å². The lowest BCUT2D eigenvalue weighted by Gasteiger charge is -2.16. The van der Waals surface area contributed by atoms with E-state index in [1.807, 2.05) is 0 Å². The Morgan fingerprint density at radius 1 is 1.45 bits per heavy atom. The van der Waals surface area contributed by atoms with Crippen molar-refractivity contribution in [2.75, 3.05) is 11.9 Å². The molecule has 15 nitrogen and oxygen atoms in total. The Kier molecular flexibility index (Phi) is 5.84. The quantitative estimate of drug-likeness (QED) is 0.228. The number of fused-ring (bicyclic) bond motifs is 1. The molecule has 3 rings (SSSR count). The Labute approximate surface area is 161 Å². The minimum Gasteiger partial charge on any atom is -0.387 e. The molecule has 0 aliphatic carbocycles. The topological polar surface area (TPSA) is 229 Å². The molecule has 0 radical (unpaired) electrons. The summed E-state index contributed by atoms with van der Waals surface area (Å²) < 4.78 is 21.6.